The standard InChI is InChI=1S/C9H12BrN3/c10-8-2-5-13(6-8)7-9-11-3-1-4-12-9/h1,3-4,8H,2,5-7H2. The lowest BCUT2D eigenvalue weighted by molar-refractivity contribution is 0.323. The SMILES string of the molecule is BrC1CCN(Cc2ncccn2)C1. The van der Waals surface area contributed by atoms with Crippen LogP contribution in [-0.4, -0.2) is 32.8 Å². The van der Waals surface area contributed by atoms with Crippen molar-refractivity contribution in [3.05, 3.63) is 24.3 Å². The number of halogens is 1. The zero-order valence-electron chi connectivity index (χ0n) is 7.36. The fourth-order valence-corrected chi connectivity index (χ4v) is 2.15. The fraction of sp³-hybridized carbons (Fsp3) is 0.556. The summed E-state index contributed by atoms with van der Waals surface area (Å²) in [5.41, 5.74) is 0. The van der Waals surface area contributed by atoms with E-state index in [2.05, 4.69) is 30.8 Å². The number of aromatic nitrogens is 2. The molecule has 0 saturated carbocycles. The molecule has 4 heteroatoms. The number of hydrogen-bond acceptors (Lipinski definition) is 3. The van der Waals surface area contributed by atoms with Gasteiger partial charge in [0.2, 0.25) is 0 Å². The Morgan fingerprint density at radius 1 is 1.46 bits per heavy atom. The van der Waals surface area contributed by atoms with Crippen LogP contribution in [0.1, 0.15) is 12.2 Å². The average Bonchev–Trinajstić information content (AvgIpc) is 2.53. The number of rotatable bonds is 2. The predicted molar refractivity (Wildman–Crippen MR) is 54.6 cm³/mol. The Morgan fingerprint density at radius 2 is 2.23 bits per heavy atom. The molecule has 13 heavy (non-hydrogen) atoms. The van der Waals surface area contributed by atoms with Gasteiger partial charge in [-0.2, -0.15) is 0 Å². The van der Waals surface area contributed by atoms with Crippen molar-refractivity contribution in [2.75, 3.05) is 13.1 Å². The van der Waals surface area contributed by atoms with Crippen LogP contribution in [0, 0.1) is 0 Å². The first kappa shape index (κ1) is 9.09. The van der Waals surface area contributed by atoms with E-state index in [1.165, 1.54) is 6.42 Å². The van der Waals surface area contributed by atoms with Crippen LogP contribution in [0.3, 0.4) is 0 Å². The van der Waals surface area contributed by atoms with Crippen molar-refractivity contribution in [2.24, 2.45) is 0 Å². The van der Waals surface area contributed by atoms with Crippen LogP contribution in [0.4, 0.5) is 0 Å². The van der Waals surface area contributed by atoms with Gasteiger partial charge in [0.15, 0.2) is 0 Å². The first-order valence-corrected chi connectivity index (χ1v) is 5.38. The second-order valence-corrected chi connectivity index (χ2v) is 4.58. The van der Waals surface area contributed by atoms with E-state index in [9.17, 15) is 0 Å². The van der Waals surface area contributed by atoms with E-state index in [0.29, 0.717) is 4.83 Å². The Labute approximate surface area is 86.3 Å². The number of alkyl halides is 1. The highest BCUT2D eigenvalue weighted by Gasteiger charge is 2.20. The topological polar surface area (TPSA) is 29.0 Å². The molecule has 0 aliphatic carbocycles. The molecule has 0 amide bonds. The molecule has 1 aliphatic rings. The molecular formula is C9H12BrN3. The summed E-state index contributed by atoms with van der Waals surface area (Å²) in [5.74, 6) is 0.920. The maximum atomic E-state index is 4.20. The van der Waals surface area contributed by atoms with Crippen molar-refractivity contribution in [2.45, 2.75) is 17.8 Å². The van der Waals surface area contributed by atoms with Crippen LogP contribution in [0.15, 0.2) is 18.5 Å². The molecule has 1 unspecified atom stereocenters. The van der Waals surface area contributed by atoms with Gasteiger partial charge in [-0.1, -0.05) is 15.9 Å². The van der Waals surface area contributed by atoms with E-state index in [1.54, 1.807) is 12.4 Å². The van der Waals surface area contributed by atoms with Gasteiger partial charge >= 0.3 is 0 Å². The number of likely N-dealkylation sites (tertiary alicyclic amines) is 1. The van der Waals surface area contributed by atoms with Crippen LogP contribution in [0.2, 0.25) is 0 Å². The van der Waals surface area contributed by atoms with Crippen LogP contribution in [0.5, 0.6) is 0 Å². The quantitative estimate of drug-likeness (QED) is 0.735. The van der Waals surface area contributed by atoms with E-state index in [1.807, 2.05) is 6.07 Å². The van der Waals surface area contributed by atoms with Crippen molar-refractivity contribution >= 4 is 15.9 Å². The molecule has 1 atom stereocenters. The number of nitrogens with zero attached hydrogens (tertiary/aromatic N) is 3. The highest BCUT2D eigenvalue weighted by Crippen LogP contribution is 2.17. The maximum Gasteiger partial charge on any atom is 0.142 e. The van der Waals surface area contributed by atoms with Crippen LogP contribution >= 0.6 is 15.9 Å². The second kappa shape index (κ2) is 4.15. The highest BCUT2D eigenvalue weighted by atomic mass is 79.9. The predicted octanol–water partition coefficient (Wildman–Crippen LogP) is 1.45. The molecule has 1 fully saturated rings. The van der Waals surface area contributed by atoms with E-state index in [4.69, 9.17) is 0 Å². The van der Waals surface area contributed by atoms with Crippen molar-refractivity contribution in [1.29, 1.82) is 0 Å². The van der Waals surface area contributed by atoms with Gasteiger partial charge in [-0.25, -0.2) is 9.97 Å². The second-order valence-electron chi connectivity index (χ2n) is 3.29. The molecule has 70 valence electrons. The Morgan fingerprint density at radius 3 is 2.85 bits per heavy atom. The third kappa shape index (κ3) is 2.48. The molecule has 0 radical (unpaired) electrons. The molecule has 2 heterocycles. The van der Waals surface area contributed by atoms with Crippen molar-refractivity contribution < 1.29 is 0 Å². The lowest BCUT2D eigenvalue weighted by Gasteiger charge is -2.12. The molecule has 2 rings (SSSR count). The van der Waals surface area contributed by atoms with Gasteiger partial charge in [0.25, 0.3) is 0 Å². The molecular weight excluding hydrogens is 230 g/mol. The maximum absolute atomic E-state index is 4.20. The lowest BCUT2D eigenvalue weighted by Crippen LogP contribution is -2.21. The van der Waals surface area contributed by atoms with E-state index in [0.717, 1.165) is 25.5 Å². The molecule has 0 bridgehead atoms. The normalized spacial score (nSPS) is 23.6. The minimum atomic E-state index is 0.649. The molecule has 1 aromatic heterocycles. The van der Waals surface area contributed by atoms with Gasteiger partial charge in [-0.15, -0.1) is 0 Å². The summed E-state index contributed by atoms with van der Waals surface area (Å²) < 4.78 is 0. The van der Waals surface area contributed by atoms with E-state index >= 15 is 0 Å². The average molecular weight is 242 g/mol. The lowest BCUT2D eigenvalue weighted by atomic mass is 10.4. The third-order valence-corrected chi connectivity index (χ3v) is 2.95. The minimum Gasteiger partial charge on any atom is -0.295 e. The van der Waals surface area contributed by atoms with Gasteiger partial charge in [-0.05, 0) is 19.0 Å². The van der Waals surface area contributed by atoms with Gasteiger partial charge in [0, 0.05) is 23.8 Å². The molecule has 1 aromatic rings. The van der Waals surface area contributed by atoms with Crippen LogP contribution in [-0.2, 0) is 6.54 Å². The zero-order chi connectivity index (χ0) is 9.10. The van der Waals surface area contributed by atoms with E-state index in [-0.39, 0.29) is 0 Å². The Kier molecular flexibility index (Phi) is 2.90. The summed E-state index contributed by atoms with van der Waals surface area (Å²) in [7, 11) is 0. The molecule has 3 nitrogen and oxygen atoms in total. The summed E-state index contributed by atoms with van der Waals surface area (Å²) >= 11 is 3.61. The van der Waals surface area contributed by atoms with E-state index < -0.39 is 0 Å². The number of hydrogen-bond donors (Lipinski definition) is 0. The van der Waals surface area contributed by atoms with Crippen molar-refractivity contribution in [1.82, 2.24) is 14.9 Å². The molecule has 0 N–H and O–H groups in total. The molecule has 0 spiro atoms. The van der Waals surface area contributed by atoms with Gasteiger partial charge < -0.3 is 0 Å². The van der Waals surface area contributed by atoms with Gasteiger partial charge in [0.05, 0.1) is 6.54 Å². The Hall–Kier alpha value is -0.480. The largest absolute Gasteiger partial charge is 0.295 e. The summed E-state index contributed by atoms with van der Waals surface area (Å²) in [6.45, 7) is 3.13. The Bertz CT molecular complexity index is 265. The third-order valence-electron chi connectivity index (χ3n) is 2.20. The zero-order valence-corrected chi connectivity index (χ0v) is 8.94. The fourth-order valence-electron chi connectivity index (χ4n) is 1.54. The Balaban J connectivity index is 1.92. The van der Waals surface area contributed by atoms with Crippen LogP contribution in [0.25, 0.3) is 0 Å². The smallest absolute Gasteiger partial charge is 0.142 e. The first-order chi connectivity index (χ1) is 6.34. The van der Waals surface area contributed by atoms with Gasteiger partial charge in [-0.3, -0.25) is 4.90 Å². The minimum absolute atomic E-state index is 0.649. The highest BCUT2D eigenvalue weighted by molar-refractivity contribution is 9.09. The summed E-state index contributed by atoms with van der Waals surface area (Å²) in [6.07, 6.45) is 4.82. The van der Waals surface area contributed by atoms with Crippen LogP contribution < -0.4 is 0 Å². The molecule has 0 aromatic carbocycles. The summed E-state index contributed by atoms with van der Waals surface area (Å²) in [6, 6.07) is 1.85. The summed E-state index contributed by atoms with van der Waals surface area (Å²) in [5, 5.41) is 0. The monoisotopic (exact) mass is 241 g/mol. The van der Waals surface area contributed by atoms with Gasteiger partial charge in [0.1, 0.15) is 5.82 Å². The summed E-state index contributed by atoms with van der Waals surface area (Å²) in [4.78, 5) is 11.4. The molecule has 1 saturated heterocycles. The van der Waals surface area contributed by atoms with Crippen molar-refractivity contribution in [3.8, 4) is 0 Å². The van der Waals surface area contributed by atoms with Crippen molar-refractivity contribution in [3.63, 3.8) is 0 Å². The first-order valence-electron chi connectivity index (χ1n) is 4.47. The molecule has 1 aliphatic heterocycles.